The second kappa shape index (κ2) is 7.40. The van der Waals surface area contributed by atoms with Crippen molar-refractivity contribution in [3.63, 3.8) is 0 Å². The third-order valence-electron chi connectivity index (χ3n) is 5.05. The van der Waals surface area contributed by atoms with Gasteiger partial charge in [-0.3, -0.25) is 9.59 Å². The molecule has 1 amide bonds. The first kappa shape index (κ1) is 20.1. The Morgan fingerprint density at radius 2 is 1.75 bits per heavy atom. The van der Waals surface area contributed by atoms with Crippen molar-refractivity contribution in [1.82, 2.24) is 0 Å². The van der Waals surface area contributed by atoms with E-state index in [1.165, 1.54) is 17.4 Å². The number of carbonyl (C=O) groups excluding carboxylic acids is 2. The summed E-state index contributed by atoms with van der Waals surface area (Å²) < 4.78 is 5.81. The summed E-state index contributed by atoms with van der Waals surface area (Å²) in [7, 11) is 0. The number of Topliss-reactive ketones (excluding diaryl/α,β-unsaturated/α-hetero) is 1. The number of amides is 1. The van der Waals surface area contributed by atoms with E-state index in [9.17, 15) is 14.7 Å². The molecule has 2 aromatic carbocycles. The van der Waals surface area contributed by atoms with Crippen molar-refractivity contribution in [3.05, 3.63) is 59.7 Å². The van der Waals surface area contributed by atoms with Gasteiger partial charge in [-0.1, -0.05) is 51.1 Å². The number of hydrogen-bond acceptors (Lipinski definition) is 4. The molecule has 0 aromatic heterocycles. The zero-order valence-electron chi connectivity index (χ0n) is 16.9. The van der Waals surface area contributed by atoms with Gasteiger partial charge in [0.25, 0.3) is 5.91 Å². The van der Waals surface area contributed by atoms with Gasteiger partial charge < -0.3 is 14.7 Å². The number of rotatable bonds is 6. The number of ether oxygens (including phenoxy) is 1. The predicted molar refractivity (Wildman–Crippen MR) is 109 cm³/mol. The van der Waals surface area contributed by atoms with Crippen LogP contribution in [-0.4, -0.2) is 29.9 Å². The molecular formula is C23H27NO4. The molecule has 5 heteroatoms. The minimum absolute atomic E-state index is 0.0748. The van der Waals surface area contributed by atoms with Crippen molar-refractivity contribution < 1.29 is 19.4 Å². The van der Waals surface area contributed by atoms with Crippen molar-refractivity contribution in [2.75, 3.05) is 18.1 Å². The molecule has 0 radical (unpaired) electrons. The maximum Gasteiger partial charge on any atom is 0.264 e. The molecule has 3 rings (SSSR count). The molecule has 1 N–H and O–H groups in total. The highest BCUT2D eigenvalue weighted by atomic mass is 16.5. The molecule has 1 atom stereocenters. The molecule has 5 nitrogen and oxygen atoms in total. The second-order valence-corrected chi connectivity index (χ2v) is 8.34. The van der Waals surface area contributed by atoms with Crippen LogP contribution in [0.3, 0.4) is 0 Å². The highest BCUT2D eigenvalue weighted by Gasteiger charge is 2.50. The van der Waals surface area contributed by atoms with Gasteiger partial charge >= 0.3 is 0 Å². The Hall–Kier alpha value is -2.66. The van der Waals surface area contributed by atoms with Gasteiger partial charge in [-0.15, -0.1) is 0 Å². The fourth-order valence-corrected chi connectivity index (χ4v) is 3.57. The molecule has 1 heterocycles. The normalized spacial score (nSPS) is 18.9. The summed E-state index contributed by atoms with van der Waals surface area (Å²) in [5.74, 6) is 0.0187. The molecule has 0 saturated heterocycles. The van der Waals surface area contributed by atoms with Gasteiger partial charge in [-0.05, 0) is 36.1 Å². The number of anilines is 1. The van der Waals surface area contributed by atoms with Crippen molar-refractivity contribution in [2.24, 2.45) is 0 Å². The first-order chi connectivity index (χ1) is 13.1. The lowest BCUT2D eigenvalue weighted by Gasteiger charge is -2.22. The number of benzene rings is 2. The van der Waals surface area contributed by atoms with Crippen LogP contribution >= 0.6 is 0 Å². The van der Waals surface area contributed by atoms with E-state index in [2.05, 4.69) is 20.8 Å². The average Bonchev–Trinajstić information content (AvgIpc) is 2.83. The maximum absolute atomic E-state index is 12.9. The summed E-state index contributed by atoms with van der Waals surface area (Å²) in [6, 6.07) is 15.0. The first-order valence-electron chi connectivity index (χ1n) is 9.49. The Morgan fingerprint density at radius 1 is 1.11 bits per heavy atom. The van der Waals surface area contributed by atoms with Crippen molar-refractivity contribution >= 4 is 17.4 Å². The van der Waals surface area contributed by atoms with Gasteiger partial charge in [0.2, 0.25) is 0 Å². The molecule has 1 unspecified atom stereocenters. The number of para-hydroxylation sites is 1. The molecule has 0 spiro atoms. The van der Waals surface area contributed by atoms with Gasteiger partial charge in [0, 0.05) is 12.0 Å². The average molecular weight is 381 g/mol. The quantitative estimate of drug-likeness (QED) is 0.831. The summed E-state index contributed by atoms with van der Waals surface area (Å²) in [4.78, 5) is 26.0. The number of carbonyl (C=O) groups is 2. The van der Waals surface area contributed by atoms with Crippen LogP contribution in [0.2, 0.25) is 0 Å². The van der Waals surface area contributed by atoms with Crippen LogP contribution in [0.15, 0.2) is 48.5 Å². The summed E-state index contributed by atoms with van der Waals surface area (Å²) in [6.07, 6.45) is -0.228. The van der Waals surface area contributed by atoms with Gasteiger partial charge in [0.15, 0.2) is 5.60 Å². The number of hydrogen-bond donors (Lipinski definition) is 1. The van der Waals surface area contributed by atoms with E-state index in [4.69, 9.17) is 4.74 Å². The third kappa shape index (κ3) is 3.80. The Bertz CT molecular complexity index is 882. The van der Waals surface area contributed by atoms with Crippen LogP contribution in [0, 0.1) is 0 Å². The SMILES string of the molecule is CC(=O)CC1(O)C(=O)N(CCOc2ccc(C(C)(C)C)cc2)c2ccccc21. The zero-order chi connectivity index (χ0) is 20.5. The van der Waals surface area contributed by atoms with Crippen molar-refractivity contribution in [2.45, 2.75) is 45.1 Å². The lowest BCUT2D eigenvalue weighted by atomic mass is 9.87. The highest BCUT2D eigenvalue weighted by molar-refractivity contribution is 6.08. The van der Waals surface area contributed by atoms with E-state index in [1.54, 1.807) is 18.2 Å². The molecule has 1 aliphatic heterocycles. The minimum Gasteiger partial charge on any atom is -0.492 e. The summed E-state index contributed by atoms with van der Waals surface area (Å²) >= 11 is 0. The van der Waals surface area contributed by atoms with Crippen LogP contribution in [0.4, 0.5) is 5.69 Å². The van der Waals surface area contributed by atoms with E-state index in [-0.39, 0.29) is 30.8 Å². The van der Waals surface area contributed by atoms with E-state index < -0.39 is 11.5 Å². The standard InChI is InChI=1S/C23H27NO4/c1-16(25)15-23(27)19-7-5-6-8-20(19)24(21(23)26)13-14-28-18-11-9-17(10-12-18)22(2,3)4/h5-12,27H,13-15H2,1-4H3. The van der Waals surface area contributed by atoms with Gasteiger partial charge in [0.1, 0.15) is 18.1 Å². The largest absolute Gasteiger partial charge is 0.492 e. The minimum atomic E-state index is -1.79. The molecule has 148 valence electrons. The molecule has 0 bridgehead atoms. The summed E-state index contributed by atoms with van der Waals surface area (Å²) in [5, 5.41) is 10.9. The van der Waals surface area contributed by atoms with Crippen molar-refractivity contribution in [1.29, 1.82) is 0 Å². The van der Waals surface area contributed by atoms with Gasteiger partial charge in [0.05, 0.1) is 12.2 Å². The number of fused-ring (bicyclic) bond motifs is 1. The summed E-state index contributed by atoms with van der Waals surface area (Å²) in [5.41, 5.74) is 0.604. The predicted octanol–water partition coefficient (Wildman–Crippen LogP) is 3.58. The molecule has 1 aliphatic rings. The Kier molecular flexibility index (Phi) is 5.31. The number of ketones is 1. The van der Waals surface area contributed by atoms with E-state index >= 15 is 0 Å². The topological polar surface area (TPSA) is 66.8 Å². The van der Waals surface area contributed by atoms with Crippen LogP contribution in [0.25, 0.3) is 0 Å². The Morgan fingerprint density at radius 3 is 2.36 bits per heavy atom. The van der Waals surface area contributed by atoms with Crippen LogP contribution in [-0.2, 0) is 20.6 Å². The lowest BCUT2D eigenvalue weighted by Crippen LogP contribution is -2.43. The third-order valence-corrected chi connectivity index (χ3v) is 5.05. The van der Waals surface area contributed by atoms with E-state index in [0.29, 0.717) is 11.3 Å². The molecule has 0 fully saturated rings. The maximum atomic E-state index is 12.9. The monoisotopic (exact) mass is 381 g/mol. The Balaban J connectivity index is 1.71. The fraction of sp³-hybridized carbons (Fsp3) is 0.391. The molecule has 28 heavy (non-hydrogen) atoms. The van der Waals surface area contributed by atoms with Crippen molar-refractivity contribution in [3.8, 4) is 5.75 Å². The van der Waals surface area contributed by atoms with Crippen LogP contribution in [0.1, 0.15) is 45.2 Å². The second-order valence-electron chi connectivity index (χ2n) is 8.34. The highest BCUT2D eigenvalue weighted by Crippen LogP contribution is 2.42. The smallest absolute Gasteiger partial charge is 0.264 e. The lowest BCUT2D eigenvalue weighted by molar-refractivity contribution is -0.141. The van der Waals surface area contributed by atoms with E-state index in [0.717, 1.165) is 5.75 Å². The fourth-order valence-electron chi connectivity index (χ4n) is 3.57. The van der Waals surface area contributed by atoms with Gasteiger partial charge in [-0.25, -0.2) is 0 Å². The number of aliphatic hydroxyl groups is 1. The van der Waals surface area contributed by atoms with Crippen LogP contribution < -0.4 is 9.64 Å². The number of nitrogens with zero attached hydrogens (tertiary/aromatic N) is 1. The summed E-state index contributed by atoms with van der Waals surface area (Å²) in [6.45, 7) is 8.41. The zero-order valence-corrected chi connectivity index (χ0v) is 16.9. The first-order valence-corrected chi connectivity index (χ1v) is 9.49. The molecule has 0 aliphatic carbocycles. The molecular weight excluding hydrogens is 354 g/mol. The van der Waals surface area contributed by atoms with Gasteiger partial charge in [-0.2, -0.15) is 0 Å². The van der Waals surface area contributed by atoms with Crippen LogP contribution in [0.5, 0.6) is 5.75 Å². The molecule has 0 saturated carbocycles. The van der Waals surface area contributed by atoms with E-state index in [1.807, 2.05) is 30.3 Å². The molecule has 2 aromatic rings. The Labute approximate surface area is 165 Å².